The fraction of sp³-hybridized carbons (Fsp3) is 0.286. The Morgan fingerprint density at radius 1 is 1.12 bits per heavy atom. The molecule has 0 saturated heterocycles. The maximum Gasteiger partial charge on any atom is 0.334 e. The number of hydrogen-bond donors (Lipinski definition) is 0. The average molecular weight is 322 g/mol. The van der Waals surface area contributed by atoms with E-state index >= 15 is 0 Å². The van der Waals surface area contributed by atoms with Crippen LogP contribution in [0.3, 0.4) is 0 Å². The van der Waals surface area contributed by atoms with Crippen LogP contribution in [0.1, 0.15) is 30.0 Å². The van der Waals surface area contributed by atoms with Crippen molar-refractivity contribution >= 4 is 12.0 Å². The van der Waals surface area contributed by atoms with Crippen LogP contribution in [-0.4, -0.2) is 19.2 Å². The van der Waals surface area contributed by atoms with Crippen LogP contribution in [0.5, 0.6) is 5.75 Å². The SMILES string of the molecule is CCOC(=O)C1=Cc2ccc(OCCCc3ccccc3)cc2C1. The van der Waals surface area contributed by atoms with E-state index < -0.39 is 0 Å². The smallest absolute Gasteiger partial charge is 0.334 e. The molecule has 124 valence electrons. The van der Waals surface area contributed by atoms with E-state index in [1.54, 1.807) is 0 Å². The summed E-state index contributed by atoms with van der Waals surface area (Å²) < 4.78 is 10.9. The molecule has 2 aromatic rings. The van der Waals surface area contributed by atoms with Gasteiger partial charge in [-0.3, -0.25) is 0 Å². The third-order valence-electron chi connectivity index (χ3n) is 4.08. The molecule has 24 heavy (non-hydrogen) atoms. The van der Waals surface area contributed by atoms with Crippen molar-refractivity contribution in [3.05, 3.63) is 70.8 Å². The molecule has 0 atom stereocenters. The molecule has 0 saturated carbocycles. The molecule has 0 heterocycles. The zero-order chi connectivity index (χ0) is 16.8. The number of esters is 1. The van der Waals surface area contributed by atoms with E-state index in [0.717, 1.165) is 29.7 Å². The van der Waals surface area contributed by atoms with Crippen LogP contribution < -0.4 is 4.74 Å². The van der Waals surface area contributed by atoms with Gasteiger partial charge in [0, 0.05) is 12.0 Å². The molecule has 0 spiro atoms. The second-order valence-electron chi connectivity index (χ2n) is 5.87. The van der Waals surface area contributed by atoms with Crippen molar-refractivity contribution in [1.82, 2.24) is 0 Å². The van der Waals surface area contributed by atoms with Gasteiger partial charge < -0.3 is 9.47 Å². The minimum absolute atomic E-state index is 0.223. The van der Waals surface area contributed by atoms with E-state index in [4.69, 9.17) is 9.47 Å². The lowest BCUT2D eigenvalue weighted by atomic mass is 10.1. The van der Waals surface area contributed by atoms with Crippen LogP contribution in [0.25, 0.3) is 6.08 Å². The number of rotatable bonds is 7. The van der Waals surface area contributed by atoms with E-state index in [0.29, 0.717) is 25.2 Å². The summed E-state index contributed by atoms with van der Waals surface area (Å²) in [5.41, 5.74) is 4.25. The number of carbonyl (C=O) groups is 1. The average Bonchev–Trinajstić information content (AvgIpc) is 3.03. The molecule has 0 N–H and O–H groups in total. The number of benzene rings is 2. The van der Waals surface area contributed by atoms with Crippen LogP contribution >= 0.6 is 0 Å². The molecule has 2 aromatic carbocycles. The Bertz CT molecular complexity index is 732. The predicted octanol–water partition coefficient (Wildman–Crippen LogP) is 4.20. The van der Waals surface area contributed by atoms with Gasteiger partial charge in [0.1, 0.15) is 5.75 Å². The van der Waals surface area contributed by atoms with Gasteiger partial charge in [-0.05, 0) is 54.7 Å². The molecular weight excluding hydrogens is 300 g/mol. The summed E-state index contributed by atoms with van der Waals surface area (Å²) >= 11 is 0. The monoisotopic (exact) mass is 322 g/mol. The van der Waals surface area contributed by atoms with Gasteiger partial charge in [0.05, 0.1) is 13.2 Å². The van der Waals surface area contributed by atoms with Gasteiger partial charge in [-0.1, -0.05) is 36.4 Å². The van der Waals surface area contributed by atoms with Gasteiger partial charge in [0.2, 0.25) is 0 Å². The van der Waals surface area contributed by atoms with Gasteiger partial charge in [0.25, 0.3) is 0 Å². The molecule has 3 rings (SSSR count). The normalized spacial score (nSPS) is 12.5. The first-order chi connectivity index (χ1) is 11.8. The molecule has 1 aliphatic rings. The Hall–Kier alpha value is -2.55. The van der Waals surface area contributed by atoms with Gasteiger partial charge in [0.15, 0.2) is 0 Å². The highest BCUT2D eigenvalue weighted by molar-refractivity contribution is 5.96. The summed E-state index contributed by atoms with van der Waals surface area (Å²) in [5.74, 6) is 0.638. The third kappa shape index (κ3) is 4.05. The van der Waals surface area contributed by atoms with E-state index in [1.165, 1.54) is 5.56 Å². The number of fused-ring (bicyclic) bond motifs is 1. The first kappa shape index (κ1) is 16.3. The Morgan fingerprint density at radius 3 is 2.75 bits per heavy atom. The molecule has 3 heteroatoms. The number of carbonyl (C=O) groups excluding carboxylic acids is 1. The topological polar surface area (TPSA) is 35.5 Å². The summed E-state index contributed by atoms with van der Waals surface area (Å²) in [6.07, 6.45) is 4.52. The van der Waals surface area contributed by atoms with Crippen molar-refractivity contribution in [1.29, 1.82) is 0 Å². The number of aryl methyl sites for hydroxylation is 1. The van der Waals surface area contributed by atoms with Gasteiger partial charge in [-0.25, -0.2) is 4.79 Å². The summed E-state index contributed by atoms with van der Waals surface area (Å²) in [6.45, 7) is 2.91. The molecule has 0 amide bonds. The van der Waals surface area contributed by atoms with E-state index in [1.807, 2.05) is 37.3 Å². The fourth-order valence-electron chi connectivity index (χ4n) is 2.88. The van der Waals surface area contributed by atoms with Gasteiger partial charge in [-0.2, -0.15) is 0 Å². The highest BCUT2D eigenvalue weighted by Crippen LogP contribution is 2.29. The van der Waals surface area contributed by atoms with Crippen LogP contribution in [0.4, 0.5) is 0 Å². The summed E-state index contributed by atoms with van der Waals surface area (Å²) in [4.78, 5) is 11.8. The quantitative estimate of drug-likeness (QED) is 0.566. The molecule has 3 nitrogen and oxygen atoms in total. The Balaban J connectivity index is 1.50. The molecule has 0 radical (unpaired) electrons. The zero-order valence-electron chi connectivity index (χ0n) is 14.0. The Labute approximate surface area is 142 Å². The van der Waals surface area contributed by atoms with Gasteiger partial charge in [-0.15, -0.1) is 0 Å². The lowest BCUT2D eigenvalue weighted by Gasteiger charge is -2.08. The Kier molecular flexibility index (Phi) is 5.32. The zero-order valence-corrected chi connectivity index (χ0v) is 14.0. The predicted molar refractivity (Wildman–Crippen MR) is 95.0 cm³/mol. The van der Waals surface area contributed by atoms with Crippen molar-refractivity contribution in [2.24, 2.45) is 0 Å². The minimum Gasteiger partial charge on any atom is -0.494 e. The first-order valence-corrected chi connectivity index (χ1v) is 8.43. The number of ether oxygens (including phenoxy) is 2. The second kappa shape index (κ2) is 7.82. The lowest BCUT2D eigenvalue weighted by Crippen LogP contribution is -2.07. The lowest BCUT2D eigenvalue weighted by molar-refractivity contribution is -0.138. The maximum absolute atomic E-state index is 11.8. The summed E-state index contributed by atoms with van der Waals surface area (Å²) in [7, 11) is 0. The van der Waals surface area contributed by atoms with Crippen molar-refractivity contribution < 1.29 is 14.3 Å². The number of hydrogen-bond acceptors (Lipinski definition) is 3. The van der Waals surface area contributed by atoms with E-state index in [2.05, 4.69) is 24.3 Å². The van der Waals surface area contributed by atoms with Crippen molar-refractivity contribution in [3.63, 3.8) is 0 Å². The van der Waals surface area contributed by atoms with Crippen LogP contribution in [0.15, 0.2) is 54.1 Å². The molecule has 0 aromatic heterocycles. The second-order valence-corrected chi connectivity index (χ2v) is 5.87. The van der Waals surface area contributed by atoms with Crippen molar-refractivity contribution in [3.8, 4) is 5.75 Å². The standard InChI is InChI=1S/C21H22O3/c1-2-23-21(22)19-13-17-10-11-20(15-18(17)14-19)24-12-6-9-16-7-4-3-5-8-16/h3-5,7-8,10-11,13,15H,2,6,9,12,14H2,1H3. The largest absolute Gasteiger partial charge is 0.494 e. The van der Waals surface area contributed by atoms with Crippen LogP contribution in [-0.2, 0) is 22.4 Å². The van der Waals surface area contributed by atoms with E-state index in [-0.39, 0.29) is 5.97 Å². The fourth-order valence-corrected chi connectivity index (χ4v) is 2.88. The Morgan fingerprint density at radius 2 is 1.96 bits per heavy atom. The molecule has 0 aliphatic heterocycles. The molecule has 1 aliphatic carbocycles. The molecule has 0 bridgehead atoms. The van der Waals surface area contributed by atoms with Crippen LogP contribution in [0.2, 0.25) is 0 Å². The van der Waals surface area contributed by atoms with Crippen LogP contribution in [0, 0.1) is 0 Å². The maximum atomic E-state index is 11.8. The summed E-state index contributed by atoms with van der Waals surface area (Å²) in [6, 6.07) is 16.4. The molecule has 0 fully saturated rings. The highest BCUT2D eigenvalue weighted by Gasteiger charge is 2.19. The highest BCUT2D eigenvalue weighted by atomic mass is 16.5. The van der Waals surface area contributed by atoms with E-state index in [9.17, 15) is 4.79 Å². The molecular formula is C21H22O3. The summed E-state index contributed by atoms with van der Waals surface area (Å²) in [5, 5.41) is 0. The molecule has 0 unspecified atom stereocenters. The van der Waals surface area contributed by atoms with Crippen molar-refractivity contribution in [2.45, 2.75) is 26.2 Å². The third-order valence-corrected chi connectivity index (χ3v) is 4.08. The first-order valence-electron chi connectivity index (χ1n) is 8.43. The minimum atomic E-state index is -0.223. The van der Waals surface area contributed by atoms with Crippen molar-refractivity contribution in [2.75, 3.05) is 13.2 Å². The van der Waals surface area contributed by atoms with Gasteiger partial charge >= 0.3 is 5.97 Å².